The summed E-state index contributed by atoms with van der Waals surface area (Å²) in [7, 11) is 5.31. The first-order chi connectivity index (χ1) is 20.2. The second-order valence-electron chi connectivity index (χ2n) is 10.2. The molecule has 0 saturated carbocycles. The highest BCUT2D eigenvalue weighted by Crippen LogP contribution is 2.39. The van der Waals surface area contributed by atoms with Crippen LogP contribution in [-0.2, 0) is 14.3 Å². The second-order valence-corrected chi connectivity index (χ2v) is 10.2. The Morgan fingerprint density at radius 3 is 2.33 bits per heavy atom. The molecule has 42 heavy (non-hydrogen) atoms. The van der Waals surface area contributed by atoms with Crippen LogP contribution in [0.1, 0.15) is 40.7 Å². The molecule has 0 aliphatic carbocycles. The highest BCUT2D eigenvalue weighted by Gasteiger charge is 2.36. The van der Waals surface area contributed by atoms with Crippen LogP contribution >= 0.6 is 0 Å². The topological polar surface area (TPSA) is 110 Å². The van der Waals surface area contributed by atoms with Crippen LogP contribution in [0.5, 0.6) is 11.5 Å². The molecular weight excluding hydrogens is 536 g/mol. The molecule has 0 saturated heterocycles. The number of nitrogens with one attached hydrogen (secondary N) is 1. The number of carbonyl (C=O) groups is 3. The van der Waals surface area contributed by atoms with Gasteiger partial charge in [-0.05, 0) is 87.2 Å². The summed E-state index contributed by atoms with van der Waals surface area (Å²) in [6.45, 7) is 3.02. The monoisotopic (exact) mass is 568 g/mol. The molecule has 0 bridgehead atoms. The van der Waals surface area contributed by atoms with Gasteiger partial charge < -0.3 is 29.3 Å². The van der Waals surface area contributed by atoms with Crippen LogP contribution in [-0.4, -0.2) is 62.7 Å². The molecule has 5 rings (SSSR count). The molecule has 10 nitrogen and oxygen atoms in total. The molecule has 2 amide bonds. The lowest BCUT2D eigenvalue weighted by atomic mass is 9.90. The maximum atomic E-state index is 13.4. The lowest BCUT2D eigenvalue weighted by Gasteiger charge is -2.22. The normalized spacial score (nSPS) is 15.3. The van der Waals surface area contributed by atoms with Crippen LogP contribution in [0.25, 0.3) is 0 Å². The van der Waals surface area contributed by atoms with Crippen LogP contribution in [0.15, 0.2) is 78.2 Å². The summed E-state index contributed by atoms with van der Waals surface area (Å²) in [6.07, 6.45) is 3.72. The van der Waals surface area contributed by atoms with E-state index in [-0.39, 0.29) is 11.8 Å². The van der Waals surface area contributed by atoms with Crippen molar-refractivity contribution >= 4 is 40.6 Å². The average Bonchev–Trinajstić information content (AvgIpc) is 3.32. The van der Waals surface area contributed by atoms with E-state index in [1.165, 1.54) is 19.6 Å². The number of nitrogens with zero attached hydrogens (tertiary/aromatic N) is 3. The van der Waals surface area contributed by atoms with Crippen LogP contribution in [0.3, 0.4) is 0 Å². The van der Waals surface area contributed by atoms with Gasteiger partial charge in [-0.2, -0.15) is 0 Å². The van der Waals surface area contributed by atoms with E-state index in [1.807, 2.05) is 44.4 Å². The van der Waals surface area contributed by atoms with Crippen molar-refractivity contribution in [3.8, 4) is 11.5 Å². The lowest BCUT2D eigenvalue weighted by molar-refractivity contribution is -0.117. The summed E-state index contributed by atoms with van der Waals surface area (Å²) >= 11 is 0. The van der Waals surface area contributed by atoms with Gasteiger partial charge in [-0.15, -0.1) is 0 Å². The lowest BCUT2D eigenvalue weighted by Crippen LogP contribution is -2.31. The predicted molar refractivity (Wildman–Crippen MR) is 160 cm³/mol. The minimum Gasteiger partial charge on any atom is -0.465 e. The van der Waals surface area contributed by atoms with Gasteiger partial charge in [0.25, 0.3) is 0 Å². The van der Waals surface area contributed by atoms with E-state index in [4.69, 9.17) is 19.2 Å². The Bertz CT molecular complexity index is 1580. The molecule has 3 aromatic carbocycles. The SMILES string of the molecule is COC(=O)c1ccc2c(c1)NC(=O)C2C(=Nc1ccc(N(CCCN(C)C)C(C)=O)cc1)c1ccc2c(c1)OC=CO2. The summed E-state index contributed by atoms with van der Waals surface area (Å²) in [4.78, 5) is 46.7. The highest BCUT2D eigenvalue weighted by atomic mass is 16.5. The molecule has 2 heterocycles. The number of esters is 1. The van der Waals surface area contributed by atoms with E-state index in [1.54, 1.807) is 42.2 Å². The van der Waals surface area contributed by atoms with Crippen molar-refractivity contribution in [3.63, 3.8) is 0 Å². The number of hydrogen-bond donors (Lipinski definition) is 1. The Morgan fingerprint density at radius 2 is 1.64 bits per heavy atom. The predicted octanol–water partition coefficient (Wildman–Crippen LogP) is 4.88. The molecule has 216 valence electrons. The number of amides is 2. The summed E-state index contributed by atoms with van der Waals surface area (Å²) in [5.41, 5.74) is 4.06. The highest BCUT2D eigenvalue weighted by molar-refractivity contribution is 6.24. The van der Waals surface area contributed by atoms with E-state index in [9.17, 15) is 14.4 Å². The number of fused-ring (bicyclic) bond motifs is 2. The van der Waals surface area contributed by atoms with Crippen LogP contribution in [0.4, 0.5) is 17.1 Å². The number of carbonyl (C=O) groups excluding carboxylic acids is 3. The zero-order chi connectivity index (χ0) is 29.8. The summed E-state index contributed by atoms with van der Waals surface area (Å²) < 4.78 is 16.0. The minimum absolute atomic E-state index is 0.0402. The third-order valence-electron chi connectivity index (χ3n) is 7.04. The molecule has 0 spiro atoms. The molecule has 1 unspecified atom stereocenters. The maximum Gasteiger partial charge on any atom is 0.337 e. The van der Waals surface area contributed by atoms with Gasteiger partial charge >= 0.3 is 5.97 Å². The second kappa shape index (κ2) is 12.3. The molecule has 2 aliphatic rings. The molecule has 1 atom stereocenters. The average molecular weight is 569 g/mol. The molecule has 2 aliphatic heterocycles. The third kappa shape index (κ3) is 6.03. The summed E-state index contributed by atoms with van der Waals surface area (Å²) in [5, 5.41) is 2.89. The standard InChI is InChI=1S/C32H32N4O6/c1-20(37)36(15-5-14-35(2)3)24-10-8-23(9-11-24)33-30(21-7-13-27-28(19-21)42-17-16-41-27)29-25-12-6-22(32(39)40-4)18-26(25)34-31(29)38/h6-13,16-19,29H,5,14-15H2,1-4H3,(H,34,38). The third-order valence-corrected chi connectivity index (χ3v) is 7.04. The first-order valence-corrected chi connectivity index (χ1v) is 13.5. The molecule has 0 aromatic heterocycles. The minimum atomic E-state index is -0.760. The van der Waals surface area contributed by atoms with E-state index in [2.05, 4.69) is 10.2 Å². The van der Waals surface area contributed by atoms with Gasteiger partial charge in [-0.25, -0.2) is 4.79 Å². The van der Waals surface area contributed by atoms with Crippen LogP contribution in [0.2, 0.25) is 0 Å². The van der Waals surface area contributed by atoms with Gasteiger partial charge in [0, 0.05) is 30.4 Å². The number of hydrogen-bond acceptors (Lipinski definition) is 8. The zero-order valence-corrected chi connectivity index (χ0v) is 23.9. The number of ether oxygens (including phenoxy) is 3. The quantitative estimate of drug-likeness (QED) is 0.290. The fraction of sp³-hybridized carbons (Fsp3) is 0.250. The van der Waals surface area contributed by atoms with Crippen molar-refractivity contribution in [1.29, 1.82) is 0 Å². The molecule has 3 aromatic rings. The Hall–Kier alpha value is -4.96. The smallest absolute Gasteiger partial charge is 0.337 e. The van der Waals surface area contributed by atoms with Gasteiger partial charge in [-0.3, -0.25) is 14.6 Å². The Balaban J connectivity index is 1.53. The number of rotatable bonds is 9. The van der Waals surface area contributed by atoms with E-state index < -0.39 is 11.9 Å². The van der Waals surface area contributed by atoms with Crippen molar-refractivity contribution in [2.75, 3.05) is 44.5 Å². The molecule has 1 N–H and O–H groups in total. The van der Waals surface area contributed by atoms with Crippen molar-refractivity contribution in [2.24, 2.45) is 4.99 Å². The number of benzene rings is 3. The van der Waals surface area contributed by atoms with Crippen molar-refractivity contribution in [1.82, 2.24) is 4.90 Å². The van der Waals surface area contributed by atoms with Crippen molar-refractivity contribution in [3.05, 3.63) is 89.9 Å². The van der Waals surface area contributed by atoms with Crippen LogP contribution in [0, 0.1) is 0 Å². The van der Waals surface area contributed by atoms with E-state index in [0.29, 0.717) is 51.8 Å². The largest absolute Gasteiger partial charge is 0.465 e. The Labute approximate surface area is 244 Å². The number of methoxy groups -OCH3 is 1. The fourth-order valence-corrected chi connectivity index (χ4v) is 4.99. The molecular formula is C32H32N4O6. The van der Waals surface area contributed by atoms with Crippen LogP contribution < -0.4 is 19.7 Å². The molecule has 0 fully saturated rings. The first-order valence-electron chi connectivity index (χ1n) is 13.5. The van der Waals surface area contributed by atoms with E-state index >= 15 is 0 Å². The maximum absolute atomic E-state index is 13.4. The van der Waals surface area contributed by atoms with Gasteiger partial charge in [0.15, 0.2) is 11.5 Å². The van der Waals surface area contributed by atoms with Gasteiger partial charge in [0.2, 0.25) is 11.8 Å². The molecule has 10 heteroatoms. The van der Waals surface area contributed by atoms with Crippen molar-refractivity contribution < 1.29 is 28.6 Å². The molecule has 0 radical (unpaired) electrons. The Morgan fingerprint density at radius 1 is 0.929 bits per heavy atom. The van der Waals surface area contributed by atoms with Gasteiger partial charge in [-0.1, -0.05) is 6.07 Å². The first kappa shape index (κ1) is 28.6. The fourth-order valence-electron chi connectivity index (χ4n) is 4.99. The number of aliphatic imine (C=N–C) groups is 1. The number of anilines is 2. The summed E-state index contributed by atoms with van der Waals surface area (Å²) in [6, 6.07) is 17.7. The van der Waals surface area contributed by atoms with Gasteiger partial charge in [0.1, 0.15) is 18.4 Å². The van der Waals surface area contributed by atoms with E-state index in [0.717, 1.165) is 18.7 Å². The zero-order valence-electron chi connectivity index (χ0n) is 23.9. The van der Waals surface area contributed by atoms with Gasteiger partial charge in [0.05, 0.1) is 24.1 Å². The summed E-state index contributed by atoms with van der Waals surface area (Å²) in [5.74, 6) is -0.535. The van der Waals surface area contributed by atoms with Crippen molar-refractivity contribution in [2.45, 2.75) is 19.3 Å². The Kier molecular flexibility index (Phi) is 8.35.